The van der Waals surface area contributed by atoms with Crippen LogP contribution in [0, 0.1) is 0 Å². The van der Waals surface area contributed by atoms with E-state index in [1.807, 2.05) is 48.5 Å². The van der Waals surface area contributed by atoms with Gasteiger partial charge >= 0.3 is 12.1 Å². The zero-order valence-electron chi connectivity index (χ0n) is 20.1. The van der Waals surface area contributed by atoms with E-state index in [0.29, 0.717) is 27.1 Å². The average molecular weight is 548 g/mol. The number of fused-ring (bicyclic) bond motifs is 3. The summed E-state index contributed by atoms with van der Waals surface area (Å²) in [5.74, 6) is -0.537. The molecule has 0 spiro atoms. The number of carboxylic acids is 1. The smallest absolute Gasteiger partial charge is 0.407 e. The molecule has 1 unspecified atom stereocenters. The number of halogens is 2. The van der Waals surface area contributed by atoms with Crippen molar-refractivity contribution in [1.29, 1.82) is 0 Å². The lowest BCUT2D eigenvalue weighted by molar-refractivity contribution is -0.139. The van der Waals surface area contributed by atoms with Gasteiger partial charge in [-0.05, 0) is 52.1 Å². The molecule has 4 aromatic rings. The lowest BCUT2D eigenvalue weighted by Gasteiger charge is -2.19. The highest BCUT2D eigenvalue weighted by Crippen LogP contribution is 2.44. The van der Waals surface area contributed by atoms with Crippen molar-refractivity contribution < 1.29 is 24.2 Å². The van der Waals surface area contributed by atoms with Crippen LogP contribution in [-0.4, -0.2) is 29.8 Å². The molecule has 0 radical (unpaired) electrons. The van der Waals surface area contributed by atoms with Crippen molar-refractivity contribution in [2.24, 2.45) is 0 Å². The van der Waals surface area contributed by atoms with Crippen molar-refractivity contribution in [2.45, 2.75) is 18.4 Å². The molecule has 0 aliphatic heterocycles. The summed E-state index contributed by atoms with van der Waals surface area (Å²) >= 11 is 12.2. The molecule has 8 heteroatoms. The second-order valence-corrected chi connectivity index (χ2v) is 9.69. The molecule has 6 nitrogen and oxygen atoms in total. The first-order chi connectivity index (χ1) is 18.4. The van der Waals surface area contributed by atoms with Crippen LogP contribution in [0.2, 0.25) is 10.0 Å². The molecule has 1 atom stereocenters. The summed E-state index contributed by atoms with van der Waals surface area (Å²) in [6.45, 7) is 0.0843. The maximum atomic E-state index is 12.7. The molecule has 38 heavy (non-hydrogen) atoms. The minimum absolute atomic E-state index is 0.0269. The van der Waals surface area contributed by atoms with E-state index in [9.17, 15) is 14.7 Å². The monoisotopic (exact) mass is 547 g/mol. The first-order valence-corrected chi connectivity index (χ1v) is 12.7. The van der Waals surface area contributed by atoms with Crippen LogP contribution in [-0.2, 0) is 16.0 Å². The van der Waals surface area contributed by atoms with Crippen LogP contribution in [0.3, 0.4) is 0 Å². The third-order valence-electron chi connectivity index (χ3n) is 6.44. The van der Waals surface area contributed by atoms with Crippen LogP contribution >= 0.6 is 23.2 Å². The maximum absolute atomic E-state index is 12.7. The summed E-state index contributed by atoms with van der Waals surface area (Å²) in [7, 11) is 0. The van der Waals surface area contributed by atoms with Gasteiger partial charge in [0.2, 0.25) is 0 Å². The lowest BCUT2D eigenvalue weighted by Crippen LogP contribution is -2.43. The van der Waals surface area contributed by atoms with Crippen LogP contribution < -0.4 is 10.1 Å². The second-order valence-electron chi connectivity index (χ2n) is 8.85. The third-order valence-corrected chi connectivity index (χ3v) is 6.97. The summed E-state index contributed by atoms with van der Waals surface area (Å²) in [5.41, 5.74) is 4.94. The van der Waals surface area contributed by atoms with Crippen molar-refractivity contribution in [3.8, 4) is 22.6 Å². The van der Waals surface area contributed by atoms with Gasteiger partial charge in [0.25, 0.3) is 0 Å². The molecule has 0 saturated heterocycles. The molecule has 0 fully saturated rings. The fourth-order valence-corrected chi connectivity index (χ4v) is 5.10. The number of para-hydroxylation sites is 1. The van der Waals surface area contributed by atoms with Gasteiger partial charge in [-0.3, -0.25) is 0 Å². The molecule has 2 N–H and O–H groups in total. The number of carbonyl (C=O) groups is 2. The number of amides is 1. The SMILES string of the molecule is O=C(NC(Cc1ccccc1Oc1ccc(Cl)cc1Cl)C(=O)O)OCC1c2ccccc2-c2ccccc21. The number of hydrogen-bond donors (Lipinski definition) is 2. The van der Waals surface area contributed by atoms with Crippen LogP contribution in [0.25, 0.3) is 11.1 Å². The minimum Gasteiger partial charge on any atom is -0.480 e. The van der Waals surface area contributed by atoms with Crippen molar-refractivity contribution in [3.05, 3.63) is 118 Å². The predicted octanol–water partition coefficient (Wildman–Crippen LogP) is 7.32. The Balaban J connectivity index is 1.27. The standard InChI is InChI=1S/C30H23Cl2NO5/c31-19-13-14-28(25(32)16-19)38-27-12-6-1-7-18(27)15-26(29(34)35)33-30(36)37-17-24-22-10-4-2-8-20(22)21-9-3-5-11-23(21)24/h1-14,16,24,26H,15,17H2,(H,33,36)(H,34,35). The van der Waals surface area contributed by atoms with Crippen molar-refractivity contribution >= 4 is 35.3 Å². The summed E-state index contributed by atoms with van der Waals surface area (Å²) in [4.78, 5) is 24.8. The van der Waals surface area contributed by atoms with E-state index in [-0.39, 0.29) is 18.9 Å². The van der Waals surface area contributed by atoms with Crippen molar-refractivity contribution in [2.75, 3.05) is 6.61 Å². The van der Waals surface area contributed by atoms with Crippen molar-refractivity contribution in [1.82, 2.24) is 5.32 Å². The van der Waals surface area contributed by atoms with Gasteiger partial charge in [-0.15, -0.1) is 0 Å². The quantitative estimate of drug-likeness (QED) is 0.241. The van der Waals surface area contributed by atoms with Crippen LogP contribution in [0.1, 0.15) is 22.6 Å². The Morgan fingerprint density at radius 2 is 1.47 bits per heavy atom. The molecule has 0 saturated carbocycles. The number of nitrogens with one attached hydrogen (secondary N) is 1. The molecular weight excluding hydrogens is 525 g/mol. The van der Waals surface area contributed by atoms with Crippen LogP contribution in [0.4, 0.5) is 4.79 Å². The maximum Gasteiger partial charge on any atom is 0.407 e. The summed E-state index contributed by atoms with van der Waals surface area (Å²) in [6.07, 6.45) is -0.834. The van der Waals surface area contributed by atoms with Gasteiger partial charge in [0.1, 0.15) is 24.1 Å². The largest absolute Gasteiger partial charge is 0.480 e. The predicted molar refractivity (Wildman–Crippen MR) is 146 cm³/mol. The minimum atomic E-state index is -1.24. The number of carboxylic acid groups (broad SMARTS) is 1. The highest BCUT2D eigenvalue weighted by molar-refractivity contribution is 6.35. The fourth-order valence-electron chi connectivity index (χ4n) is 4.65. The highest BCUT2D eigenvalue weighted by Gasteiger charge is 2.30. The highest BCUT2D eigenvalue weighted by atomic mass is 35.5. The number of hydrogen-bond acceptors (Lipinski definition) is 4. The molecule has 192 valence electrons. The Bertz CT molecular complexity index is 1460. The lowest BCUT2D eigenvalue weighted by atomic mass is 9.98. The van der Waals surface area contributed by atoms with Gasteiger partial charge in [0.15, 0.2) is 0 Å². The summed E-state index contributed by atoms with van der Waals surface area (Å²) in [5, 5.41) is 13.1. The third kappa shape index (κ3) is 5.47. The molecule has 0 heterocycles. The molecule has 4 aromatic carbocycles. The van der Waals surface area contributed by atoms with E-state index in [2.05, 4.69) is 5.32 Å². The van der Waals surface area contributed by atoms with E-state index in [1.54, 1.807) is 42.5 Å². The normalized spacial score (nSPS) is 12.8. The van der Waals surface area contributed by atoms with Gasteiger partial charge in [-0.25, -0.2) is 9.59 Å². The van der Waals surface area contributed by atoms with E-state index in [0.717, 1.165) is 22.3 Å². The Morgan fingerprint density at radius 1 is 0.842 bits per heavy atom. The van der Waals surface area contributed by atoms with E-state index in [4.69, 9.17) is 32.7 Å². The molecule has 1 aliphatic carbocycles. The van der Waals surface area contributed by atoms with Gasteiger partial charge in [0.05, 0.1) is 5.02 Å². The molecule has 1 amide bonds. The first kappa shape index (κ1) is 25.6. The number of rotatable bonds is 8. The summed E-state index contributed by atoms with van der Waals surface area (Å²) in [6, 6.07) is 26.5. The molecule has 5 rings (SSSR count). The number of ether oxygens (including phenoxy) is 2. The van der Waals surface area contributed by atoms with E-state index >= 15 is 0 Å². The van der Waals surface area contributed by atoms with E-state index < -0.39 is 18.1 Å². The number of carbonyl (C=O) groups excluding carboxylic acids is 1. The van der Waals surface area contributed by atoms with Gasteiger partial charge in [-0.2, -0.15) is 0 Å². The second kappa shape index (κ2) is 11.2. The number of benzene rings is 4. The molecule has 0 bridgehead atoms. The van der Waals surface area contributed by atoms with Crippen molar-refractivity contribution in [3.63, 3.8) is 0 Å². The average Bonchev–Trinajstić information content (AvgIpc) is 3.23. The zero-order chi connectivity index (χ0) is 26.6. The van der Waals surface area contributed by atoms with Crippen LogP contribution in [0.5, 0.6) is 11.5 Å². The Labute approximate surface area is 229 Å². The van der Waals surface area contributed by atoms with Crippen LogP contribution in [0.15, 0.2) is 91.0 Å². The molecular formula is C30H23Cl2NO5. The molecule has 1 aliphatic rings. The first-order valence-electron chi connectivity index (χ1n) is 12.0. The van der Waals surface area contributed by atoms with Gasteiger partial charge in [0, 0.05) is 17.4 Å². The Hall–Kier alpha value is -4.00. The number of alkyl carbamates (subject to hydrolysis) is 1. The Morgan fingerprint density at radius 3 is 2.13 bits per heavy atom. The Kier molecular flexibility index (Phi) is 7.54. The topological polar surface area (TPSA) is 84.9 Å². The summed E-state index contributed by atoms with van der Waals surface area (Å²) < 4.78 is 11.5. The zero-order valence-corrected chi connectivity index (χ0v) is 21.6. The fraction of sp³-hybridized carbons (Fsp3) is 0.133. The van der Waals surface area contributed by atoms with Gasteiger partial charge < -0.3 is 19.9 Å². The molecule has 0 aromatic heterocycles. The van der Waals surface area contributed by atoms with Gasteiger partial charge in [-0.1, -0.05) is 89.9 Å². The van der Waals surface area contributed by atoms with E-state index in [1.165, 1.54) is 0 Å². The number of aliphatic carboxylic acids is 1.